The van der Waals surface area contributed by atoms with Crippen molar-refractivity contribution in [3.05, 3.63) is 41.3 Å². The van der Waals surface area contributed by atoms with Gasteiger partial charge in [0.25, 0.3) is 0 Å². The van der Waals surface area contributed by atoms with E-state index in [9.17, 15) is 0 Å². The van der Waals surface area contributed by atoms with Gasteiger partial charge < -0.3 is 10.3 Å². The molecule has 19 heavy (non-hydrogen) atoms. The molecule has 1 aromatic carbocycles. The Morgan fingerprint density at radius 3 is 2.68 bits per heavy atom. The Balaban J connectivity index is 1.61. The highest BCUT2D eigenvalue weighted by molar-refractivity contribution is 6.30. The molecule has 3 heterocycles. The molecule has 4 rings (SSSR count). The first-order valence-corrected chi connectivity index (χ1v) is 7.24. The highest BCUT2D eigenvalue weighted by Gasteiger charge is 2.41. The van der Waals surface area contributed by atoms with Gasteiger partial charge in [0.05, 0.1) is 11.9 Å². The number of hydrogen-bond acceptors (Lipinski definition) is 2. The maximum atomic E-state index is 5.92. The van der Waals surface area contributed by atoms with Gasteiger partial charge in [-0.25, -0.2) is 4.98 Å². The topological polar surface area (TPSA) is 40.7 Å². The zero-order chi connectivity index (χ0) is 12.8. The Hall–Kier alpha value is -1.32. The lowest BCUT2D eigenvalue weighted by atomic mass is 9.89. The van der Waals surface area contributed by atoms with Gasteiger partial charge in [-0.2, -0.15) is 0 Å². The van der Waals surface area contributed by atoms with E-state index in [1.54, 1.807) is 0 Å². The minimum atomic E-state index is 0.555. The number of aromatic nitrogens is 2. The van der Waals surface area contributed by atoms with Gasteiger partial charge in [0.1, 0.15) is 5.82 Å². The Kier molecular flexibility index (Phi) is 2.64. The molecule has 0 aliphatic carbocycles. The van der Waals surface area contributed by atoms with E-state index in [1.807, 2.05) is 30.5 Å². The highest BCUT2D eigenvalue weighted by Crippen LogP contribution is 2.39. The molecule has 3 atom stereocenters. The van der Waals surface area contributed by atoms with E-state index in [0.29, 0.717) is 18.0 Å². The number of nitrogens with zero attached hydrogens (tertiary/aromatic N) is 1. The summed E-state index contributed by atoms with van der Waals surface area (Å²) < 4.78 is 0. The van der Waals surface area contributed by atoms with Gasteiger partial charge in [0.2, 0.25) is 0 Å². The Bertz CT molecular complexity index is 590. The lowest BCUT2D eigenvalue weighted by Gasteiger charge is -2.17. The van der Waals surface area contributed by atoms with E-state index >= 15 is 0 Å². The Morgan fingerprint density at radius 1 is 1.16 bits per heavy atom. The first-order valence-electron chi connectivity index (χ1n) is 6.86. The van der Waals surface area contributed by atoms with E-state index < -0.39 is 0 Å². The van der Waals surface area contributed by atoms with Crippen molar-refractivity contribution in [2.75, 3.05) is 0 Å². The SMILES string of the molecule is Clc1ccc(-c2cnc(C3CC4CCC3N4)[nH]2)cc1. The number of benzene rings is 1. The highest BCUT2D eigenvalue weighted by atomic mass is 35.5. The van der Waals surface area contributed by atoms with Gasteiger partial charge >= 0.3 is 0 Å². The molecule has 0 radical (unpaired) electrons. The van der Waals surface area contributed by atoms with Gasteiger partial charge in [0, 0.05) is 23.0 Å². The van der Waals surface area contributed by atoms with Crippen LogP contribution in [0.15, 0.2) is 30.5 Å². The summed E-state index contributed by atoms with van der Waals surface area (Å²) in [5.41, 5.74) is 2.22. The third-order valence-corrected chi connectivity index (χ3v) is 4.65. The molecular formula is C15H16ClN3. The molecule has 0 saturated carbocycles. The lowest BCUT2D eigenvalue weighted by Crippen LogP contribution is -2.22. The normalized spacial score (nSPS) is 29.0. The maximum Gasteiger partial charge on any atom is 0.111 e. The molecule has 3 nitrogen and oxygen atoms in total. The van der Waals surface area contributed by atoms with Crippen molar-refractivity contribution in [1.82, 2.24) is 15.3 Å². The van der Waals surface area contributed by atoms with Crippen LogP contribution in [0.5, 0.6) is 0 Å². The van der Waals surface area contributed by atoms with Crippen LogP contribution in [0.4, 0.5) is 0 Å². The summed E-state index contributed by atoms with van der Waals surface area (Å²) >= 11 is 5.92. The molecule has 2 N–H and O–H groups in total. The molecule has 4 heteroatoms. The van der Waals surface area contributed by atoms with Gasteiger partial charge in [-0.3, -0.25) is 0 Å². The minimum Gasteiger partial charge on any atom is -0.342 e. The largest absolute Gasteiger partial charge is 0.342 e. The number of nitrogens with one attached hydrogen (secondary N) is 2. The Morgan fingerprint density at radius 2 is 2.00 bits per heavy atom. The second kappa shape index (κ2) is 4.36. The van der Waals surface area contributed by atoms with Crippen molar-refractivity contribution in [3.8, 4) is 11.3 Å². The van der Waals surface area contributed by atoms with Crippen LogP contribution in [0.2, 0.25) is 5.02 Å². The summed E-state index contributed by atoms with van der Waals surface area (Å²) in [7, 11) is 0. The van der Waals surface area contributed by atoms with Crippen molar-refractivity contribution in [1.29, 1.82) is 0 Å². The third kappa shape index (κ3) is 1.97. The number of aromatic amines is 1. The van der Waals surface area contributed by atoms with E-state index in [4.69, 9.17) is 11.6 Å². The quantitative estimate of drug-likeness (QED) is 0.881. The summed E-state index contributed by atoms with van der Waals surface area (Å²) in [4.78, 5) is 8.07. The van der Waals surface area contributed by atoms with Crippen molar-refractivity contribution in [3.63, 3.8) is 0 Å². The standard InChI is InChI=1S/C15H16ClN3/c16-10-3-1-9(2-4-10)14-8-17-15(19-14)12-7-11-5-6-13(12)18-11/h1-4,8,11-13,18H,5-7H2,(H,17,19). The molecule has 1 aromatic heterocycles. The first-order chi connectivity index (χ1) is 9.29. The zero-order valence-electron chi connectivity index (χ0n) is 10.6. The first kappa shape index (κ1) is 11.5. The van der Waals surface area contributed by atoms with Crippen LogP contribution < -0.4 is 5.32 Å². The summed E-state index contributed by atoms with van der Waals surface area (Å²) in [5.74, 6) is 1.68. The van der Waals surface area contributed by atoms with E-state index in [1.165, 1.54) is 19.3 Å². The Labute approximate surface area is 117 Å². The molecule has 2 aromatic rings. The summed E-state index contributed by atoms with van der Waals surface area (Å²) in [6.45, 7) is 0. The zero-order valence-corrected chi connectivity index (χ0v) is 11.3. The number of hydrogen-bond donors (Lipinski definition) is 2. The predicted molar refractivity (Wildman–Crippen MR) is 76.3 cm³/mol. The second-order valence-corrected chi connectivity index (χ2v) is 6.02. The number of rotatable bonds is 2. The van der Waals surface area contributed by atoms with Gasteiger partial charge in [0.15, 0.2) is 0 Å². The van der Waals surface area contributed by atoms with Crippen LogP contribution in [0.3, 0.4) is 0 Å². The summed E-state index contributed by atoms with van der Waals surface area (Å²) in [6, 6.07) is 9.21. The number of fused-ring (bicyclic) bond motifs is 2. The molecule has 0 amide bonds. The fourth-order valence-corrected chi connectivity index (χ4v) is 3.55. The summed E-state index contributed by atoms with van der Waals surface area (Å²) in [5, 5.41) is 4.42. The summed E-state index contributed by atoms with van der Waals surface area (Å²) in [6.07, 6.45) is 5.76. The van der Waals surface area contributed by atoms with E-state index in [0.717, 1.165) is 22.1 Å². The second-order valence-electron chi connectivity index (χ2n) is 5.58. The predicted octanol–water partition coefficient (Wildman–Crippen LogP) is 3.34. The van der Waals surface area contributed by atoms with Gasteiger partial charge in [-0.15, -0.1) is 0 Å². The van der Waals surface area contributed by atoms with Crippen LogP contribution in [-0.4, -0.2) is 22.1 Å². The fraction of sp³-hybridized carbons (Fsp3) is 0.400. The van der Waals surface area contributed by atoms with E-state index in [-0.39, 0.29) is 0 Å². The lowest BCUT2D eigenvalue weighted by molar-refractivity contribution is 0.490. The van der Waals surface area contributed by atoms with Crippen LogP contribution >= 0.6 is 11.6 Å². The number of halogens is 1. The molecule has 2 bridgehead atoms. The van der Waals surface area contributed by atoms with Crippen LogP contribution in [0, 0.1) is 0 Å². The average Bonchev–Trinajstić information content (AvgIpc) is 3.15. The van der Waals surface area contributed by atoms with Gasteiger partial charge in [-0.05, 0) is 37.0 Å². The minimum absolute atomic E-state index is 0.555. The van der Waals surface area contributed by atoms with Crippen LogP contribution in [-0.2, 0) is 0 Å². The smallest absolute Gasteiger partial charge is 0.111 e. The average molecular weight is 274 g/mol. The molecule has 98 valence electrons. The maximum absolute atomic E-state index is 5.92. The molecular weight excluding hydrogens is 258 g/mol. The van der Waals surface area contributed by atoms with Crippen molar-refractivity contribution < 1.29 is 0 Å². The van der Waals surface area contributed by atoms with Crippen molar-refractivity contribution in [2.24, 2.45) is 0 Å². The fourth-order valence-electron chi connectivity index (χ4n) is 3.43. The molecule has 3 unspecified atom stereocenters. The monoisotopic (exact) mass is 273 g/mol. The van der Waals surface area contributed by atoms with Crippen molar-refractivity contribution in [2.45, 2.75) is 37.3 Å². The number of H-pyrrole nitrogens is 1. The molecule has 2 fully saturated rings. The van der Waals surface area contributed by atoms with Crippen molar-refractivity contribution >= 4 is 11.6 Å². The van der Waals surface area contributed by atoms with Gasteiger partial charge in [-0.1, -0.05) is 23.7 Å². The molecule has 2 aliphatic rings. The van der Waals surface area contributed by atoms with Crippen LogP contribution in [0.25, 0.3) is 11.3 Å². The molecule has 0 spiro atoms. The third-order valence-electron chi connectivity index (χ3n) is 4.40. The molecule has 2 aliphatic heterocycles. The van der Waals surface area contributed by atoms with Crippen LogP contribution in [0.1, 0.15) is 31.0 Å². The number of imidazole rings is 1. The molecule has 2 saturated heterocycles. The van der Waals surface area contributed by atoms with E-state index in [2.05, 4.69) is 15.3 Å².